The van der Waals surface area contributed by atoms with Crippen molar-refractivity contribution in [2.45, 2.75) is 64.2 Å². The molecule has 0 saturated carbocycles. The van der Waals surface area contributed by atoms with Gasteiger partial charge < -0.3 is 5.32 Å². The van der Waals surface area contributed by atoms with Gasteiger partial charge in [-0.2, -0.15) is 0 Å². The predicted octanol–water partition coefficient (Wildman–Crippen LogP) is 6.33. The Morgan fingerprint density at radius 1 is 1.03 bits per heavy atom. The minimum atomic E-state index is -0.0331. The summed E-state index contributed by atoms with van der Waals surface area (Å²) in [5.41, 5.74) is 4.13. The van der Waals surface area contributed by atoms with E-state index >= 15 is 0 Å². The molecule has 160 valence electrons. The monoisotopic (exact) mass is 424 g/mol. The first kappa shape index (κ1) is 22.4. The number of nitrogens with one attached hydrogen (secondary N) is 1. The van der Waals surface area contributed by atoms with Crippen molar-refractivity contribution >= 4 is 35.0 Å². The predicted molar refractivity (Wildman–Crippen MR) is 127 cm³/mol. The maximum atomic E-state index is 12.7. The molecule has 4 nitrogen and oxygen atoms in total. The largest absolute Gasteiger partial charge is 0.326 e. The van der Waals surface area contributed by atoms with Crippen LogP contribution < -0.4 is 10.2 Å². The number of hydrogen-bond acceptors (Lipinski definition) is 3. The van der Waals surface area contributed by atoms with Gasteiger partial charge in [0.15, 0.2) is 0 Å². The average Bonchev–Trinajstić information content (AvgIpc) is 3.14. The first-order chi connectivity index (χ1) is 14.6. The minimum absolute atomic E-state index is 0.0331. The number of para-hydroxylation sites is 1. The molecule has 1 aliphatic rings. The second-order valence-electron chi connectivity index (χ2n) is 7.79. The van der Waals surface area contributed by atoms with Crippen molar-refractivity contribution in [2.24, 2.45) is 0 Å². The number of carbonyl (C=O) groups excluding carboxylic acids is 2. The summed E-state index contributed by atoms with van der Waals surface area (Å²) in [6.07, 6.45) is 6.96. The first-order valence-corrected chi connectivity index (χ1v) is 12.1. The number of benzene rings is 2. The Morgan fingerprint density at radius 3 is 2.53 bits per heavy atom. The van der Waals surface area contributed by atoms with E-state index in [2.05, 4.69) is 31.3 Å². The normalized spacial score (nSPS) is 16.1. The molecule has 0 bridgehead atoms. The van der Waals surface area contributed by atoms with Crippen molar-refractivity contribution in [3.05, 3.63) is 59.7 Å². The molecule has 2 amide bonds. The van der Waals surface area contributed by atoms with Gasteiger partial charge in [0.25, 0.3) is 0 Å². The Labute approximate surface area is 184 Å². The molecule has 1 aliphatic heterocycles. The van der Waals surface area contributed by atoms with Crippen LogP contribution in [0.15, 0.2) is 48.5 Å². The zero-order valence-corrected chi connectivity index (χ0v) is 18.8. The van der Waals surface area contributed by atoms with Gasteiger partial charge in [0.2, 0.25) is 11.8 Å². The fourth-order valence-electron chi connectivity index (χ4n) is 3.82. The van der Waals surface area contributed by atoms with Gasteiger partial charge in [-0.15, -0.1) is 11.8 Å². The Hall–Kier alpha value is -2.27. The van der Waals surface area contributed by atoms with Crippen molar-refractivity contribution < 1.29 is 9.59 Å². The standard InChI is InChI=1S/C25H32N2O2S/c1-3-5-6-7-13-23(28)26-21-16-14-20(15-17-21)25-27(24(29)18-30-25)22-12-9-8-11-19(22)10-4-2/h8-9,11-12,14-17,25H,3-7,10,13,18H2,1-2H3,(H,26,28). The number of carbonyl (C=O) groups is 2. The number of aryl methyl sites for hydroxylation is 1. The van der Waals surface area contributed by atoms with Gasteiger partial charge in [0.1, 0.15) is 5.37 Å². The Kier molecular flexibility index (Phi) is 8.38. The highest BCUT2D eigenvalue weighted by Gasteiger charge is 2.34. The Morgan fingerprint density at radius 2 is 1.80 bits per heavy atom. The molecular formula is C25H32N2O2S. The lowest BCUT2D eigenvalue weighted by atomic mass is 10.1. The third kappa shape index (κ3) is 5.66. The van der Waals surface area contributed by atoms with E-state index in [0.29, 0.717) is 12.2 Å². The summed E-state index contributed by atoms with van der Waals surface area (Å²) in [6, 6.07) is 16.1. The Bertz CT molecular complexity index is 850. The number of hydrogen-bond donors (Lipinski definition) is 1. The van der Waals surface area contributed by atoms with Gasteiger partial charge >= 0.3 is 0 Å². The lowest BCUT2D eigenvalue weighted by Gasteiger charge is -2.26. The van der Waals surface area contributed by atoms with Crippen LogP contribution in [0.2, 0.25) is 0 Å². The van der Waals surface area contributed by atoms with Crippen LogP contribution in [-0.2, 0) is 16.0 Å². The van der Waals surface area contributed by atoms with E-state index in [0.717, 1.165) is 42.6 Å². The molecule has 1 N–H and O–H groups in total. The number of anilines is 2. The summed E-state index contributed by atoms with van der Waals surface area (Å²) in [7, 11) is 0. The summed E-state index contributed by atoms with van der Waals surface area (Å²) < 4.78 is 0. The molecule has 5 heteroatoms. The number of rotatable bonds is 10. The molecule has 0 spiro atoms. The SMILES string of the molecule is CCCCCCC(=O)Nc1ccc(C2SCC(=O)N2c2ccccc2CCC)cc1. The smallest absolute Gasteiger partial charge is 0.238 e. The van der Waals surface area contributed by atoms with Gasteiger partial charge in [-0.1, -0.05) is 69.9 Å². The Balaban J connectivity index is 1.69. The van der Waals surface area contributed by atoms with Crippen molar-refractivity contribution in [3.8, 4) is 0 Å². The first-order valence-electron chi connectivity index (χ1n) is 11.1. The van der Waals surface area contributed by atoms with Crippen molar-refractivity contribution in [1.82, 2.24) is 0 Å². The zero-order valence-electron chi connectivity index (χ0n) is 18.0. The quantitative estimate of drug-likeness (QED) is 0.454. The summed E-state index contributed by atoms with van der Waals surface area (Å²) in [5, 5.41) is 2.95. The molecule has 1 unspecified atom stereocenters. The molecule has 2 aromatic carbocycles. The molecular weight excluding hydrogens is 392 g/mol. The van der Waals surface area contributed by atoms with Crippen LogP contribution >= 0.6 is 11.8 Å². The van der Waals surface area contributed by atoms with E-state index in [1.807, 2.05) is 41.3 Å². The second-order valence-corrected chi connectivity index (χ2v) is 8.86. The van der Waals surface area contributed by atoms with E-state index < -0.39 is 0 Å². The summed E-state index contributed by atoms with van der Waals surface area (Å²) in [4.78, 5) is 26.8. The van der Waals surface area contributed by atoms with E-state index in [4.69, 9.17) is 0 Å². The third-order valence-corrected chi connectivity index (χ3v) is 6.59. The minimum Gasteiger partial charge on any atom is -0.326 e. The highest BCUT2D eigenvalue weighted by Crippen LogP contribution is 2.43. The highest BCUT2D eigenvalue weighted by molar-refractivity contribution is 8.00. The van der Waals surface area contributed by atoms with Crippen LogP contribution in [0.3, 0.4) is 0 Å². The van der Waals surface area contributed by atoms with Crippen molar-refractivity contribution in [2.75, 3.05) is 16.0 Å². The fourth-order valence-corrected chi connectivity index (χ4v) is 4.99. The highest BCUT2D eigenvalue weighted by atomic mass is 32.2. The van der Waals surface area contributed by atoms with Crippen LogP contribution in [0.4, 0.5) is 11.4 Å². The number of unbranched alkanes of at least 4 members (excludes halogenated alkanes) is 3. The van der Waals surface area contributed by atoms with E-state index in [9.17, 15) is 9.59 Å². The molecule has 1 saturated heterocycles. The molecule has 2 aromatic rings. The van der Waals surface area contributed by atoms with Gasteiger partial charge in [-0.3, -0.25) is 14.5 Å². The summed E-state index contributed by atoms with van der Waals surface area (Å²) >= 11 is 1.66. The zero-order chi connectivity index (χ0) is 21.3. The van der Waals surface area contributed by atoms with Crippen LogP contribution in [0.1, 0.15) is 68.9 Å². The maximum Gasteiger partial charge on any atom is 0.238 e. The third-order valence-electron chi connectivity index (χ3n) is 5.38. The van der Waals surface area contributed by atoms with Gasteiger partial charge in [-0.25, -0.2) is 0 Å². The summed E-state index contributed by atoms with van der Waals surface area (Å²) in [5.74, 6) is 0.707. The molecule has 3 rings (SSSR count). The molecule has 1 heterocycles. The van der Waals surface area contributed by atoms with E-state index in [-0.39, 0.29) is 17.2 Å². The topological polar surface area (TPSA) is 49.4 Å². The van der Waals surface area contributed by atoms with Crippen LogP contribution in [0, 0.1) is 0 Å². The van der Waals surface area contributed by atoms with Crippen LogP contribution in [-0.4, -0.2) is 17.6 Å². The molecule has 0 radical (unpaired) electrons. The second kappa shape index (κ2) is 11.2. The number of nitrogens with zero attached hydrogens (tertiary/aromatic N) is 1. The lowest BCUT2D eigenvalue weighted by Crippen LogP contribution is -2.28. The molecule has 30 heavy (non-hydrogen) atoms. The lowest BCUT2D eigenvalue weighted by molar-refractivity contribution is -0.116. The number of amides is 2. The summed E-state index contributed by atoms with van der Waals surface area (Å²) in [6.45, 7) is 4.33. The maximum absolute atomic E-state index is 12.7. The van der Waals surface area contributed by atoms with Crippen molar-refractivity contribution in [3.63, 3.8) is 0 Å². The van der Waals surface area contributed by atoms with Crippen molar-refractivity contribution in [1.29, 1.82) is 0 Å². The van der Waals surface area contributed by atoms with Gasteiger partial charge in [-0.05, 0) is 42.2 Å². The molecule has 0 aliphatic carbocycles. The molecule has 0 aromatic heterocycles. The fraction of sp³-hybridized carbons (Fsp3) is 0.440. The molecule has 1 fully saturated rings. The average molecular weight is 425 g/mol. The van der Waals surface area contributed by atoms with Crippen LogP contribution in [0.5, 0.6) is 0 Å². The number of thioether (sulfide) groups is 1. The molecule has 1 atom stereocenters. The van der Waals surface area contributed by atoms with Gasteiger partial charge in [0.05, 0.1) is 5.75 Å². The van der Waals surface area contributed by atoms with E-state index in [1.54, 1.807) is 11.8 Å². The van der Waals surface area contributed by atoms with Gasteiger partial charge in [0, 0.05) is 17.8 Å². The van der Waals surface area contributed by atoms with Crippen LogP contribution in [0.25, 0.3) is 0 Å². The van der Waals surface area contributed by atoms with E-state index in [1.165, 1.54) is 18.4 Å².